The van der Waals surface area contributed by atoms with E-state index in [1.54, 1.807) is 29.9 Å². The Hall–Kier alpha value is -5.00. The lowest BCUT2D eigenvalue weighted by Crippen LogP contribution is -2.42. The lowest BCUT2D eigenvalue weighted by atomic mass is 9.91. The quantitative estimate of drug-likeness (QED) is 0.293. The second kappa shape index (κ2) is 9.88. The van der Waals surface area contributed by atoms with Crippen molar-refractivity contribution in [3.63, 3.8) is 0 Å². The fourth-order valence-electron chi connectivity index (χ4n) is 5.04. The number of fused-ring (bicyclic) bond motifs is 1. The molecular weight excluding hydrogens is 542 g/mol. The topological polar surface area (TPSA) is 127 Å². The van der Waals surface area contributed by atoms with Gasteiger partial charge in [-0.2, -0.15) is 18.4 Å². The molecule has 15 heteroatoms. The Morgan fingerprint density at radius 3 is 2.51 bits per heavy atom. The van der Waals surface area contributed by atoms with Crippen LogP contribution < -0.4 is 4.90 Å². The molecule has 0 radical (unpaired) electrons. The van der Waals surface area contributed by atoms with Crippen molar-refractivity contribution in [1.29, 1.82) is 5.26 Å². The first-order valence-corrected chi connectivity index (χ1v) is 12.6. The first-order chi connectivity index (χ1) is 19.7. The molecule has 0 saturated carbocycles. The monoisotopic (exact) mass is 563 g/mol. The zero-order valence-corrected chi connectivity index (χ0v) is 21.6. The molecule has 0 aromatic carbocycles. The molecule has 5 aromatic rings. The highest BCUT2D eigenvalue weighted by molar-refractivity contribution is 5.84. The second-order valence-corrected chi connectivity index (χ2v) is 9.75. The van der Waals surface area contributed by atoms with E-state index in [-0.39, 0.29) is 25.2 Å². The van der Waals surface area contributed by atoms with Crippen molar-refractivity contribution in [3.05, 3.63) is 71.8 Å². The number of nitriles is 1. The summed E-state index contributed by atoms with van der Waals surface area (Å²) in [6.45, 7) is 0.734. The van der Waals surface area contributed by atoms with E-state index >= 15 is 4.39 Å². The minimum atomic E-state index is -4.53. The second-order valence-electron chi connectivity index (χ2n) is 9.75. The van der Waals surface area contributed by atoms with Gasteiger partial charge >= 0.3 is 6.18 Å². The molecule has 1 aliphatic heterocycles. The van der Waals surface area contributed by atoms with E-state index in [9.17, 15) is 18.4 Å². The van der Waals surface area contributed by atoms with Gasteiger partial charge < -0.3 is 9.47 Å². The van der Waals surface area contributed by atoms with Crippen molar-refractivity contribution in [2.24, 2.45) is 7.05 Å². The van der Waals surface area contributed by atoms with Crippen LogP contribution in [0.2, 0.25) is 0 Å². The van der Waals surface area contributed by atoms with E-state index in [0.717, 1.165) is 12.3 Å². The average Bonchev–Trinajstić information content (AvgIpc) is 3.59. The molecule has 1 fully saturated rings. The van der Waals surface area contributed by atoms with Gasteiger partial charge in [0.1, 0.15) is 23.6 Å². The van der Waals surface area contributed by atoms with Gasteiger partial charge in [0.25, 0.3) is 0 Å². The van der Waals surface area contributed by atoms with Gasteiger partial charge in [-0.15, -0.1) is 15.3 Å². The summed E-state index contributed by atoms with van der Waals surface area (Å²) in [7, 11) is 1.70. The summed E-state index contributed by atoms with van der Waals surface area (Å²) in [6, 6.07) is 7.82. The van der Waals surface area contributed by atoms with Gasteiger partial charge in [-0.1, -0.05) is 11.3 Å². The van der Waals surface area contributed by atoms with Crippen molar-refractivity contribution in [3.8, 4) is 17.3 Å². The van der Waals surface area contributed by atoms with Crippen LogP contribution >= 0.6 is 0 Å². The van der Waals surface area contributed by atoms with Crippen LogP contribution in [0.15, 0.2) is 49.2 Å². The molecule has 208 valence electrons. The van der Waals surface area contributed by atoms with Gasteiger partial charge in [-0.05, 0) is 23.8 Å². The number of piperidine rings is 1. The van der Waals surface area contributed by atoms with E-state index in [2.05, 4.69) is 41.5 Å². The van der Waals surface area contributed by atoms with E-state index < -0.39 is 17.5 Å². The van der Waals surface area contributed by atoms with E-state index in [0.29, 0.717) is 52.3 Å². The Labute approximate surface area is 230 Å². The average molecular weight is 564 g/mol. The van der Waals surface area contributed by atoms with Crippen LogP contribution in [0.25, 0.3) is 22.4 Å². The Morgan fingerprint density at radius 2 is 1.85 bits per heavy atom. The van der Waals surface area contributed by atoms with Gasteiger partial charge in [0.05, 0.1) is 23.5 Å². The smallest absolute Gasteiger partial charge is 0.368 e. The number of nitrogens with zero attached hydrogens (tertiary/aromatic N) is 11. The zero-order chi connectivity index (χ0) is 28.8. The third-order valence-corrected chi connectivity index (χ3v) is 7.12. The Morgan fingerprint density at radius 1 is 1.05 bits per heavy atom. The van der Waals surface area contributed by atoms with Crippen molar-refractivity contribution in [2.45, 2.75) is 31.2 Å². The molecule has 41 heavy (non-hydrogen) atoms. The van der Waals surface area contributed by atoms with Crippen LogP contribution in [0.4, 0.5) is 23.2 Å². The maximum atomic E-state index is 15.8. The summed E-state index contributed by atoms with van der Waals surface area (Å²) >= 11 is 0. The van der Waals surface area contributed by atoms with Crippen LogP contribution in [0.3, 0.4) is 0 Å². The molecule has 0 unspecified atom stereocenters. The lowest BCUT2D eigenvalue weighted by Gasteiger charge is -2.37. The molecule has 11 nitrogen and oxygen atoms in total. The van der Waals surface area contributed by atoms with E-state index in [4.69, 9.17) is 0 Å². The molecule has 0 spiro atoms. The largest absolute Gasteiger partial charge is 0.433 e. The number of hydrogen-bond donors (Lipinski definition) is 0. The van der Waals surface area contributed by atoms with Crippen molar-refractivity contribution in [2.75, 3.05) is 18.0 Å². The van der Waals surface area contributed by atoms with Crippen LogP contribution in [-0.2, 0) is 25.4 Å². The van der Waals surface area contributed by atoms with Gasteiger partial charge in [0, 0.05) is 57.1 Å². The van der Waals surface area contributed by atoms with Gasteiger partial charge in [0.15, 0.2) is 11.5 Å². The normalized spacial score (nSPS) is 15.3. The molecule has 0 bridgehead atoms. The first kappa shape index (κ1) is 26.2. The fraction of sp³-hybridized carbons (Fsp3) is 0.308. The highest BCUT2D eigenvalue weighted by atomic mass is 19.4. The molecule has 0 atom stereocenters. The molecule has 0 N–H and O–H groups in total. The van der Waals surface area contributed by atoms with Crippen molar-refractivity contribution >= 4 is 16.9 Å². The highest BCUT2D eigenvalue weighted by Gasteiger charge is 2.41. The van der Waals surface area contributed by atoms with Crippen LogP contribution in [0.5, 0.6) is 0 Å². The number of anilines is 1. The number of alkyl halides is 4. The van der Waals surface area contributed by atoms with E-state index in [1.807, 2.05) is 4.90 Å². The molecule has 1 aliphatic rings. The zero-order valence-electron chi connectivity index (χ0n) is 21.6. The number of hydrogen-bond acceptors (Lipinski definition) is 9. The molecule has 0 amide bonds. The Bertz CT molecular complexity index is 1760. The maximum absolute atomic E-state index is 15.8. The predicted octanol–water partition coefficient (Wildman–Crippen LogP) is 3.82. The summed E-state index contributed by atoms with van der Waals surface area (Å²) in [5, 5.41) is 25.8. The minimum absolute atomic E-state index is 0.109. The maximum Gasteiger partial charge on any atom is 0.433 e. The summed E-state index contributed by atoms with van der Waals surface area (Å²) < 4.78 is 57.6. The Kier molecular flexibility index (Phi) is 6.32. The van der Waals surface area contributed by atoms with Crippen LogP contribution in [0, 0.1) is 11.3 Å². The summed E-state index contributed by atoms with van der Waals surface area (Å²) in [5.74, 6) is 0.266. The summed E-state index contributed by atoms with van der Waals surface area (Å²) in [6.07, 6.45) is 1.46. The van der Waals surface area contributed by atoms with Gasteiger partial charge in [0.2, 0.25) is 5.65 Å². The highest BCUT2D eigenvalue weighted by Crippen LogP contribution is 2.40. The molecule has 5 aromatic heterocycles. The number of rotatable bonds is 5. The number of pyridine rings is 3. The molecule has 1 saturated heterocycles. The molecule has 0 aliphatic carbocycles. The van der Waals surface area contributed by atoms with E-state index in [1.165, 1.54) is 23.3 Å². The number of halogens is 4. The van der Waals surface area contributed by atoms with Crippen LogP contribution in [-0.4, -0.2) is 57.8 Å². The predicted molar refractivity (Wildman–Crippen MR) is 137 cm³/mol. The fourth-order valence-corrected chi connectivity index (χ4v) is 5.04. The van der Waals surface area contributed by atoms with Gasteiger partial charge in [-0.25, -0.2) is 14.1 Å². The number of aryl methyl sites for hydroxylation is 1. The summed E-state index contributed by atoms with van der Waals surface area (Å²) in [4.78, 5) is 14.4. The third kappa shape index (κ3) is 4.81. The number of aromatic nitrogens is 9. The molecule has 6 heterocycles. The van der Waals surface area contributed by atoms with Gasteiger partial charge in [-0.3, -0.25) is 9.97 Å². The van der Waals surface area contributed by atoms with Crippen molar-refractivity contribution in [1.82, 2.24) is 44.7 Å². The SMILES string of the molecule is Cn1cnnc1C1(F)CCN(c2c(C#N)ccnc2-c2cnc3nnn(Cc4ccc(C(F)(F)F)nc4)c3c2)CC1. The Balaban J connectivity index is 1.32. The minimum Gasteiger partial charge on any atom is -0.368 e. The van der Waals surface area contributed by atoms with Crippen molar-refractivity contribution < 1.29 is 17.6 Å². The lowest BCUT2D eigenvalue weighted by molar-refractivity contribution is -0.141. The first-order valence-electron chi connectivity index (χ1n) is 12.6. The molecular formula is C26H21F4N11. The van der Waals surface area contributed by atoms with Crippen LogP contribution in [0.1, 0.15) is 35.5 Å². The molecule has 6 rings (SSSR count). The third-order valence-electron chi connectivity index (χ3n) is 7.12. The standard InChI is InChI=1S/C26H21F4N11/c1-39-15-35-37-24(39)25(27)5-8-40(9-6-25)22-17(11-31)4-7-32-21(22)18-10-19-23(34-13-18)36-38-41(19)14-16-2-3-20(33-12-16)26(28,29)30/h2-4,7,10,12-13,15H,5-6,8-9,14H2,1H3. The summed E-state index contributed by atoms with van der Waals surface area (Å²) in [5.41, 5.74) is 0.691.